The van der Waals surface area contributed by atoms with Crippen molar-refractivity contribution in [2.75, 3.05) is 45.8 Å². The maximum absolute atomic E-state index is 12.7. The third-order valence-corrected chi connectivity index (χ3v) is 7.84. The molecule has 0 radical (unpaired) electrons. The number of fused-ring (bicyclic) bond motifs is 2. The van der Waals surface area contributed by atoms with E-state index in [1.165, 1.54) is 0 Å². The number of aromatic nitrogens is 1. The largest absolute Gasteiger partial charge is 0.444 e. The number of ether oxygens (including phenoxy) is 1. The molecule has 2 aliphatic heterocycles. The van der Waals surface area contributed by atoms with Crippen molar-refractivity contribution >= 4 is 35.2 Å². The first kappa shape index (κ1) is 27.6. The Morgan fingerprint density at radius 3 is 2.54 bits per heavy atom. The molecule has 8 nitrogen and oxygen atoms in total. The lowest BCUT2D eigenvalue weighted by Gasteiger charge is -2.40. The quantitative estimate of drug-likeness (QED) is 0.592. The summed E-state index contributed by atoms with van der Waals surface area (Å²) in [6, 6.07) is 9.74. The van der Waals surface area contributed by atoms with Crippen molar-refractivity contribution in [3.8, 4) is 0 Å². The van der Waals surface area contributed by atoms with Crippen molar-refractivity contribution in [1.82, 2.24) is 19.7 Å². The van der Waals surface area contributed by atoms with E-state index in [0.29, 0.717) is 37.7 Å². The van der Waals surface area contributed by atoms with Crippen LogP contribution in [0.1, 0.15) is 63.0 Å². The number of halogens is 1. The zero-order valence-electron chi connectivity index (χ0n) is 23.4. The zero-order valence-corrected chi connectivity index (χ0v) is 24.2. The number of aliphatic imine (C=N–C) groups is 1. The van der Waals surface area contributed by atoms with Gasteiger partial charge in [0.05, 0.1) is 30.7 Å². The monoisotopic (exact) mass is 551 g/mol. The molecule has 5 rings (SSSR count). The summed E-state index contributed by atoms with van der Waals surface area (Å²) < 4.78 is 5.61. The van der Waals surface area contributed by atoms with E-state index in [4.69, 9.17) is 21.3 Å². The van der Waals surface area contributed by atoms with Gasteiger partial charge < -0.3 is 19.6 Å². The predicted octanol–water partition coefficient (Wildman–Crippen LogP) is 4.72. The van der Waals surface area contributed by atoms with Gasteiger partial charge in [0.2, 0.25) is 0 Å². The average molecular weight is 552 g/mol. The van der Waals surface area contributed by atoms with Crippen molar-refractivity contribution < 1.29 is 14.6 Å². The Labute approximate surface area is 235 Å². The van der Waals surface area contributed by atoms with Crippen LogP contribution in [0.15, 0.2) is 41.5 Å². The summed E-state index contributed by atoms with van der Waals surface area (Å²) in [6.07, 6.45) is 3.60. The van der Waals surface area contributed by atoms with Crippen LogP contribution in [0.2, 0.25) is 5.02 Å². The summed E-state index contributed by atoms with van der Waals surface area (Å²) in [7, 11) is 0. The van der Waals surface area contributed by atoms with E-state index in [2.05, 4.69) is 33.0 Å². The van der Waals surface area contributed by atoms with E-state index in [0.717, 1.165) is 46.9 Å². The molecule has 1 aliphatic carbocycles. The molecule has 208 valence electrons. The number of aliphatic hydroxyl groups is 1. The Morgan fingerprint density at radius 1 is 1.13 bits per heavy atom. The van der Waals surface area contributed by atoms with Crippen molar-refractivity contribution in [1.29, 1.82) is 0 Å². The van der Waals surface area contributed by atoms with Gasteiger partial charge >= 0.3 is 6.09 Å². The summed E-state index contributed by atoms with van der Waals surface area (Å²) >= 11 is 6.56. The molecule has 1 fully saturated rings. The van der Waals surface area contributed by atoms with Crippen molar-refractivity contribution in [2.45, 2.75) is 51.9 Å². The number of β-amino-alcohol motifs (C(OH)–C–C–N with tert-alkyl or cyclic N) is 1. The van der Waals surface area contributed by atoms with Crippen molar-refractivity contribution in [2.24, 2.45) is 4.99 Å². The second kappa shape index (κ2) is 10.6. The molecular formula is C30H38ClN5O3. The molecule has 9 heteroatoms. The molecule has 2 atom stereocenters. The number of carbonyl (C=O) groups excluding carboxylic acids is 1. The van der Waals surface area contributed by atoms with Crippen LogP contribution in [0.4, 0.5) is 4.79 Å². The molecule has 1 amide bonds. The van der Waals surface area contributed by atoms with Gasteiger partial charge in [-0.2, -0.15) is 0 Å². The van der Waals surface area contributed by atoms with Gasteiger partial charge in [0.25, 0.3) is 0 Å². The van der Waals surface area contributed by atoms with Crippen LogP contribution in [-0.4, -0.2) is 93.7 Å². The van der Waals surface area contributed by atoms with Gasteiger partial charge in [-0.05, 0) is 81.2 Å². The van der Waals surface area contributed by atoms with E-state index >= 15 is 0 Å². The molecule has 1 N–H and O–H groups in total. The summed E-state index contributed by atoms with van der Waals surface area (Å²) in [5.41, 5.74) is 2.96. The van der Waals surface area contributed by atoms with Gasteiger partial charge in [0, 0.05) is 43.9 Å². The fraction of sp³-hybridized carbons (Fsp3) is 0.500. The average Bonchev–Trinajstić information content (AvgIpc) is 3.19. The standard InChI is InChI=1S/C30H38ClN5O3/c1-20-32-11-12-36(20)19-30(5,38)25-17-21-7-6-10-33-26(21)27(23-9-8-22(31)18-24(23)25)34-13-15-35(16-14-34)28(37)39-29(2,3)4/h6-10,17-18,27,38H,11-16,19H2,1-5H3/t27-,30?/m0/s1. The highest BCUT2D eigenvalue weighted by molar-refractivity contribution is 6.30. The van der Waals surface area contributed by atoms with Gasteiger partial charge in [-0.25, -0.2) is 4.79 Å². The van der Waals surface area contributed by atoms with E-state index in [1.54, 1.807) is 4.90 Å². The number of amides is 1. The molecule has 39 heavy (non-hydrogen) atoms. The van der Waals surface area contributed by atoms with Gasteiger partial charge in [-0.15, -0.1) is 0 Å². The normalized spacial score (nSPS) is 21.4. The highest BCUT2D eigenvalue weighted by Gasteiger charge is 2.39. The van der Waals surface area contributed by atoms with Gasteiger partial charge in [0.15, 0.2) is 0 Å². The smallest absolute Gasteiger partial charge is 0.410 e. The number of amidine groups is 1. The number of carbonyl (C=O) groups is 1. The number of piperazine rings is 1. The van der Waals surface area contributed by atoms with Gasteiger partial charge in [-0.3, -0.25) is 14.9 Å². The second-order valence-corrected chi connectivity index (χ2v) is 12.2. The van der Waals surface area contributed by atoms with Crippen LogP contribution in [0.5, 0.6) is 0 Å². The number of benzene rings is 1. The van der Waals surface area contributed by atoms with E-state index < -0.39 is 11.2 Å². The summed E-state index contributed by atoms with van der Waals surface area (Å²) in [4.78, 5) is 28.3. The Balaban J connectivity index is 1.51. The minimum atomic E-state index is -1.17. The third-order valence-electron chi connectivity index (χ3n) is 7.61. The molecule has 0 spiro atoms. The Kier molecular flexibility index (Phi) is 7.48. The summed E-state index contributed by atoms with van der Waals surface area (Å²) in [5, 5.41) is 12.6. The molecule has 3 heterocycles. The second-order valence-electron chi connectivity index (χ2n) is 11.8. The van der Waals surface area contributed by atoms with Crippen molar-refractivity contribution in [3.63, 3.8) is 0 Å². The Bertz CT molecular complexity index is 1310. The number of hydrogen-bond acceptors (Lipinski definition) is 7. The maximum Gasteiger partial charge on any atom is 0.410 e. The minimum absolute atomic E-state index is 0.158. The minimum Gasteiger partial charge on any atom is -0.444 e. The highest BCUT2D eigenvalue weighted by atomic mass is 35.5. The topological polar surface area (TPSA) is 81.5 Å². The van der Waals surface area contributed by atoms with Crippen LogP contribution in [0.25, 0.3) is 11.6 Å². The first-order valence-electron chi connectivity index (χ1n) is 13.6. The summed E-state index contributed by atoms with van der Waals surface area (Å²) in [5.74, 6) is 0.943. The highest BCUT2D eigenvalue weighted by Crippen LogP contribution is 2.44. The van der Waals surface area contributed by atoms with E-state index in [1.807, 2.05) is 59.0 Å². The lowest BCUT2D eigenvalue weighted by atomic mass is 9.85. The summed E-state index contributed by atoms with van der Waals surface area (Å²) in [6.45, 7) is 13.9. The fourth-order valence-corrected chi connectivity index (χ4v) is 5.88. The van der Waals surface area contributed by atoms with E-state index in [9.17, 15) is 9.90 Å². The lowest BCUT2D eigenvalue weighted by molar-refractivity contribution is 0.0117. The molecule has 2 aromatic rings. The molecule has 0 saturated carbocycles. The van der Waals surface area contributed by atoms with Crippen LogP contribution in [-0.2, 0) is 4.74 Å². The number of rotatable bonds is 4. The van der Waals surface area contributed by atoms with E-state index in [-0.39, 0.29) is 12.1 Å². The molecular weight excluding hydrogens is 514 g/mol. The van der Waals surface area contributed by atoms with Crippen LogP contribution < -0.4 is 0 Å². The molecule has 1 aromatic carbocycles. The number of nitrogens with zero attached hydrogens (tertiary/aromatic N) is 5. The molecule has 1 saturated heterocycles. The molecule has 3 aliphatic rings. The van der Waals surface area contributed by atoms with Crippen LogP contribution >= 0.6 is 11.6 Å². The molecule has 1 aromatic heterocycles. The van der Waals surface area contributed by atoms with Crippen molar-refractivity contribution in [3.05, 3.63) is 63.9 Å². The Morgan fingerprint density at radius 2 is 1.87 bits per heavy atom. The Hall–Kier alpha value is -2.94. The molecule has 1 unspecified atom stereocenters. The lowest BCUT2D eigenvalue weighted by Crippen LogP contribution is -2.51. The first-order valence-corrected chi connectivity index (χ1v) is 14.0. The number of pyridine rings is 1. The first-order chi connectivity index (χ1) is 18.4. The predicted molar refractivity (Wildman–Crippen MR) is 155 cm³/mol. The SMILES string of the molecule is CC1=NCCN1CC(C)(O)C1=Cc2cccnc2[C@@H](N2CCN(C(=O)OC(C)(C)C)CC2)c2ccc(Cl)cc21. The van der Waals surface area contributed by atoms with Gasteiger partial charge in [0.1, 0.15) is 11.2 Å². The zero-order chi connectivity index (χ0) is 27.9. The van der Waals surface area contributed by atoms with Gasteiger partial charge in [-0.1, -0.05) is 23.7 Å². The molecule has 0 bridgehead atoms. The third kappa shape index (κ3) is 5.83. The van der Waals surface area contributed by atoms with Crippen LogP contribution in [0, 0.1) is 0 Å². The maximum atomic E-state index is 12.7. The fourth-order valence-electron chi connectivity index (χ4n) is 5.71. The number of hydrogen-bond donors (Lipinski definition) is 1. The van der Waals surface area contributed by atoms with Crippen LogP contribution in [0.3, 0.4) is 0 Å².